The fourth-order valence-electron chi connectivity index (χ4n) is 0. The third-order valence-electron chi connectivity index (χ3n) is 0. The Morgan fingerprint density at radius 3 is 1.25 bits per heavy atom. The van der Waals surface area contributed by atoms with Crippen molar-refractivity contribution in [2.45, 2.75) is 0 Å². The van der Waals surface area contributed by atoms with Crippen molar-refractivity contribution >= 4 is 11.0 Å². The van der Waals surface area contributed by atoms with Crippen molar-refractivity contribution in [2.24, 2.45) is 0 Å². The van der Waals surface area contributed by atoms with Crippen LogP contribution in [0.1, 0.15) is 0 Å². The van der Waals surface area contributed by atoms with E-state index in [-0.39, 0.29) is 11.0 Å². The van der Waals surface area contributed by atoms with Crippen molar-refractivity contribution in [2.75, 3.05) is 0 Å². The van der Waals surface area contributed by atoms with Crippen molar-refractivity contribution in [1.82, 2.24) is 0 Å². The van der Waals surface area contributed by atoms with Gasteiger partial charge in [0, 0.05) is 0 Å². The predicted octanol–water partition coefficient (Wildman–Crippen LogP) is -1.42. The molecule has 1 radical (unpaired) electrons. The topological polar surface area (TPSA) is 34.1 Å². The average Bonchev–Trinajstić information content (AvgIpc) is 0.918. The molecule has 0 saturated carbocycles. The normalized spacial score (nSPS) is 2.00. The van der Waals surface area contributed by atoms with Crippen LogP contribution in [0.5, 0.6) is 0 Å². The molecular formula is H3O2SiZr. The second kappa shape index (κ2) is 9.33. The zero-order valence-corrected chi connectivity index (χ0v) is 6.77. The van der Waals surface area contributed by atoms with Crippen LogP contribution in [0, 0.1) is 0 Å². The fraction of sp³-hybridized carbons (Fsp3) is 0. The first-order valence-electron chi connectivity index (χ1n) is 0.408. The minimum Gasteiger partial charge on any atom is -0.0125 e. The van der Waals surface area contributed by atoms with Crippen LogP contribution >= 0.6 is 0 Å². The molecule has 0 heterocycles. The Balaban J connectivity index is 0. The maximum absolute atomic E-state index is 8.54. The molecule has 0 atom stereocenters. The van der Waals surface area contributed by atoms with E-state index in [1.807, 2.05) is 0 Å². The smallest absolute Gasteiger partial charge is 0.0125 e. The van der Waals surface area contributed by atoms with Crippen molar-refractivity contribution in [1.29, 1.82) is 0 Å². The van der Waals surface area contributed by atoms with E-state index in [4.69, 9.17) is 5.63 Å². The second-order valence-electron chi connectivity index (χ2n) is 0.0833. The van der Waals surface area contributed by atoms with Crippen LogP contribution in [0.25, 0.3) is 0 Å². The van der Waals surface area contributed by atoms with Gasteiger partial charge in [-0.15, -0.1) is 0 Å². The summed E-state index contributed by atoms with van der Waals surface area (Å²) in [5.74, 6) is 0. The van der Waals surface area contributed by atoms with E-state index < -0.39 is 23.2 Å². The summed E-state index contributed by atoms with van der Waals surface area (Å²) in [6.07, 6.45) is 0. The van der Waals surface area contributed by atoms with Crippen molar-refractivity contribution in [3.05, 3.63) is 0 Å². The largest absolute Gasteiger partial charge is 0.0125 e. The van der Waals surface area contributed by atoms with Gasteiger partial charge in [-0.05, 0) is 11.0 Å². The fourth-order valence-corrected chi connectivity index (χ4v) is 0. The van der Waals surface area contributed by atoms with E-state index >= 15 is 0 Å². The van der Waals surface area contributed by atoms with Gasteiger partial charge in [-0.3, -0.25) is 0 Å². The minimum absolute atomic E-state index is 0. The molecule has 0 aromatic rings. The Bertz CT molecular complexity index is 27.0. The molecule has 0 fully saturated rings. The Morgan fingerprint density at radius 2 is 1.25 bits per heavy atom. The molecule has 2 nitrogen and oxygen atoms in total. The molecule has 0 bridgehead atoms. The van der Waals surface area contributed by atoms with Crippen LogP contribution in [0.4, 0.5) is 0 Å². The minimum atomic E-state index is -2.27. The van der Waals surface area contributed by atoms with Gasteiger partial charge in [0.05, 0.1) is 0 Å². The van der Waals surface area contributed by atoms with Crippen LogP contribution in [0.15, 0.2) is 0 Å². The second-order valence-corrected chi connectivity index (χ2v) is 0.493. The molecule has 0 amide bonds. The Hall–Kier alpha value is 0.700. The zero-order chi connectivity index (χ0) is 2.71. The molecule has 0 aliphatic carbocycles. The van der Waals surface area contributed by atoms with Crippen LogP contribution in [-0.2, 0) is 28.9 Å². The van der Waals surface area contributed by atoms with Crippen molar-refractivity contribution < 1.29 is 28.9 Å². The number of rotatable bonds is 0. The van der Waals surface area contributed by atoms with E-state index in [1.165, 1.54) is 0 Å². The first kappa shape index (κ1) is 8.83. The summed E-state index contributed by atoms with van der Waals surface area (Å²) >= 11 is -2.27. The van der Waals surface area contributed by atoms with Gasteiger partial charge in [0.2, 0.25) is 0 Å². The predicted molar refractivity (Wildman–Crippen MR) is 11.3 cm³/mol. The Morgan fingerprint density at radius 1 is 1.25 bits per heavy atom. The van der Waals surface area contributed by atoms with Gasteiger partial charge >= 0.3 is 28.9 Å². The monoisotopic (exact) mass is 153 g/mol. The van der Waals surface area contributed by atoms with Gasteiger partial charge in [-0.2, -0.15) is 0 Å². The molecule has 0 aromatic carbocycles. The summed E-state index contributed by atoms with van der Waals surface area (Å²) in [6.45, 7) is 0. The van der Waals surface area contributed by atoms with E-state index in [2.05, 4.69) is 0 Å². The van der Waals surface area contributed by atoms with Gasteiger partial charge in [0.25, 0.3) is 0 Å². The first-order valence-corrected chi connectivity index (χ1v) is 2.42. The van der Waals surface area contributed by atoms with E-state index in [1.54, 1.807) is 0 Å². The van der Waals surface area contributed by atoms with E-state index in [9.17, 15) is 0 Å². The Kier molecular flexibility index (Phi) is 20.6. The van der Waals surface area contributed by atoms with E-state index in [0.717, 1.165) is 0 Å². The van der Waals surface area contributed by atoms with Gasteiger partial charge in [0.15, 0.2) is 0 Å². The molecule has 0 rings (SSSR count). The van der Waals surface area contributed by atoms with Crippen molar-refractivity contribution in [3.63, 3.8) is 0 Å². The van der Waals surface area contributed by atoms with Gasteiger partial charge in [0.1, 0.15) is 0 Å². The summed E-state index contributed by atoms with van der Waals surface area (Å²) in [5, 5.41) is 0. The molecule has 0 unspecified atom stereocenters. The molecular weight excluding hydrogens is 151 g/mol. The quantitative estimate of drug-likeness (QED) is 0.401. The molecule has 23 valence electrons. The van der Waals surface area contributed by atoms with Crippen LogP contribution in [0.2, 0.25) is 0 Å². The van der Waals surface area contributed by atoms with Gasteiger partial charge in [-0.1, -0.05) is 0 Å². The maximum Gasteiger partial charge on any atom is -0.0125 e. The van der Waals surface area contributed by atoms with E-state index in [0.29, 0.717) is 0 Å². The number of hydrogen-bond donors (Lipinski definition) is 0. The average molecular weight is 154 g/mol. The summed E-state index contributed by atoms with van der Waals surface area (Å²) in [7, 11) is 0. The molecule has 4 heteroatoms. The zero-order valence-electron chi connectivity index (χ0n) is 2.32. The van der Waals surface area contributed by atoms with Gasteiger partial charge < -0.3 is 0 Å². The molecule has 0 aromatic heterocycles. The molecule has 4 heavy (non-hydrogen) atoms. The maximum atomic E-state index is 8.54. The summed E-state index contributed by atoms with van der Waals surface area (Å²) in [6, 6.07) is 0. The molecule has 0 N–H and O–H groups in total. The van der Waals surface area contributed by atoms with Crippen LogP contribution < -0.4 is 0 Å². The summed E-state index contributed by atoms with van der Waals surface area (Å²) in [5.41, 5.74) is 0. The summed E-state index contributed by atoms with van der Waals surface area (Å²) < 4.78 is 17.1. The first-order chi connectivity index (χ1) is 1.41. The standard InChI is InChI=1S/2O.H3Si.Zr/h;;1H3;. The molecule has 0 aliphatic rings. The third-order valence-corrected chi connectivity index (χ3v) is 0. The van der Waals surface area contributed by atoms with Crippen molar-refractivity contribution in [3.8, 4) is 0 Å². The Labute approximate surface area is 40.1 Å². The molecule has 0 saturated heterocycles. The molecule has 0 spiro atoms. The third kappa shape index (κ3) is 15.9. The van der Waals surface area contributed by atoms with Gasteiger partial charge in [-0.25, -0.2) is 0 Å². The number of hydrogen-bond acceptors (Lipinski definition) is 2. The SMILES string of the molecule is [O]=[Zr]=[O].[SiH3]. The molecule has 0 aliphatic heterocycles. The van der Waals surface area contributed by atoms with Crippen LogP contribution in [0.3, 0.4) is 0 Å². The van der Waals surface area contributed by atoms with Crippen LogP contribution in [-0.4, -0.2) is 11.0 Å². The summed E-state index contributed by atoms with van der Waals surface area (Å²) in [4.78, 5) is 0.